The van der Waals surface area contributed by atoms with Crippen LogP contribution in [0.15, 0.2) is 23.7 Å². The Balaban J connectivity index is 2.02. The Morgan fingerprint density at radius 1 is 1.53 bits per heavy atom. The third-order valence-corrected chi connectivity index (χ3v) is 3.24. The van der Waals surface area contributed by atoms with E-state index in [9.17, 15) is 0 Å². The number of nitrogens with one attached hydrogen (secondary N) is 1. The smallest absolute Gasteiger partial charge is 0.148 e. The summed E-state index contributed by atoms with van der Waals surface area (Å²) in [6.07, 6.45) is 6.64. The third-order valence-electron chi connectivity index (χ3n) is 2.35. The van der Waals surface area contributed by atoms with Gasteiger partial charge in [-0.05, 0) is 6.26 Å². The second kappa shape index (κ2) is 6.41. The van der Waals surface area contributed by atoms with Gasteiger partial charge in [-0.3, -0.25) is 4.68 Å². The zero-order valence-corrected chi connectivity index (χ0v) is 11.7. The molecule has 0 fully saturated rings. The molecule has 19 heavy (non-hydrogen) atoms. The molecule has 2 aromatic rings. The summed E-state index contributed by atoms with van der Waals surface area (Å²) in [6.45, 7) is 1.23. The van der Waals surface area contributed by atoms with Crippen molar-refractivity contribution >= 4 is 29.2 Å². The number of hydrogen-bond donors (Lipinski definition) is 1. The van der Waals surface area contributed by atoms with Gasteiger partial charge in [-0.2, -0.15) is 10.4 Å². The highest BCUT2D eigenvalue weighted by molar-refractivity contribution is 7.98. The molecule has 8 heteroatoms. The fourth-order valence-corrected chi connectivity index (χ4v) is 2.16. The average Bonchev–Trinajstić information content (AvgIpc) is 2.84. The molecule has 0 amide bonds. The normalized spacial score (nSPS) is 10.2. The van der Waals surface area contributed by atoms with Gasteiger partial charge >= 0.3 is 0 Å². The summed E-state index contributed by atoms with van der Waals surface area (Å²) in [5.74, 6) is 0.542. The van der Waals surface area contributed by atoms with E-state index in [2.05, 4.69) is 26.5 Å². The van der Waals surface area contributed by atoms with Crippen molar-refractivity contribution in [3.8, 4) is 6.07 Å². The van der Waals surface area contributed by atoms with E-state index in [1.807, 2.05) is 6.26 Å². The zero-order chi connectivity index (χ0) is 13.7. The maximum Gasteiger partial charge on any atom is 0.148 e. The van der Waals surface area contributed by atoms with Crippen molar-refractivity contribution in [2.45, 2.75) is 11.6 Å². The maximum atomic E-state index is 9.13. The first kappa shape index (κ1) is 13.6. The molecular weight excluding hydrogens is 284 g/mol. The van der Waals surface area contributed by atoms with E-state index in [4.69, 9.17) is 16.9 Å². The summed E-state index contributed by atoms with van der Waals surface area (Å²) >= 11 is 7.19. The van der Waals surface area contributed by atoms with Crippen molar-refractivity contribution in [3.63, 3.8) is 0 Å². The van der Waals surface area contributed by atoms with Crippen LogP contribution < -0.4 is 5.32 Å². The van der Waals surface area contributed by atoms with E-state index in [1.165, 1.54) is 18.1 Å². The number of rotatable bonds is 5. The number of hydrogen-bond acceptors (Lipinski definition) is 6. The number of anilines is 1. The lowest BCUT2D eigenvalue weighted by molar-refractivity contribution is 0.636. The van der Waals surface area contributed by atoms with Crippen LogP contribution in [0, 0.1) is 11.3 Å². The standard InChI is InChI=1S/C11H11ClN6S/c1-19-11-9(4-13)10(15-7-16-11)14-2-3-18-6-8(12)5-17-18/h5-7H,2-3H2,1H3,(H,14,15,16). The van der Waals surface area contributed by atoms with Gasteiger partial charge in [-0.1, -0.05) is 11.6 Å². The molecule has 0 radical (unpaired) electrons. The molecule has 0 aromatic carbocycles. The van der Waals surface area contributed by atoms with Crippen LogP contribution in [0.2, 0.25) is 5.02 Å². The lowest BCUT2D eigenvalue weighted by Crippen LogP contribution is -2.13. The summed E-state index contributed by atoms with van der Waals surface area (Å²) < 4.78 is 1.72. The first-order valence-electron chi connectivity index (χ1n) is 5.45. The van der Waals surface area contributed by atoms with Gasteiger partial charge in [0.2, 0.25) is 0 Å². The van der Waals surface area contributed by atoms with Gasteiger partial charge in [0.05, 0.1) is 17.8 Å². The number of nitrogens with zero attached hydrogens (tertiary/aromatic N) is 5. The molecule has 0 bridgehead atoms. The highest BCUT2D eigenvalue weighted by Crippen LogP contribution is 2.21. The van der Waals surface area contributed by atoms with Gasteiger partial charge < -0.3 is 5.32 Å². The molecule has 1 N–H and O–H groups in total. The van der Waals surface area contributed by atoms with E-state index >= 15 is 0 Å². The molecule has 0 atom stereocenters. The zero-order valence-electron chi connectivity index (χ0n) is 10.2. The summed E-state index contributed by atoms with van der Waals surface area (Å²) in [5, 5.41) is 17.6. The SMILES string of the molecule is CSc1ncnc(NCCn2cc(Cl)cn2)c1C#N. The Morgan fingerprint density at radius 2 is 2.37 bits per heavy atom. The van der Waals surface area contributed by atoms with Crippen LogP contribution in [0.25, 0.3) is 0 Å². The van der Waals surface area contributed by atoms with Gasteiger partial charge in [-0.15, -0.1) is 11.8 Å². The minimum atomic E-state index is 0.466. The van der Waals surface area contributed by atoms with Crippen molar-refractivity contribution < 1.29 is 0 Å². The molecule has 0 aliphatic rings. The Morgan fingerprint density at radius 3 is 3.00 bits per heavy atom. The molecule has 0 saturated heterocycles. The van der Waals surface area contributed by atoms with Crippen LogP contribution >= 0.6 is 23.4 Å². The van der Waals surface area contributed by atoms with Crippen molar-refractivity contribution in [1.82, 2.24) is 19.7 Å². The molecule has 2 aromatic heterocycles. The minimum absolute atomic E-state index is 0.466. The van der Waals surface area contributed by atoms with Gasteiger partial charge in [0.1, 0.15) is 28.8 Å². The summed E-state index contributed by atoms with van der Waals surface area (Å²) in [6, 6.07) is 2.12. The number of halogens is 1. The summed E-state index contributed by atoms with van der Waals surface area (Å²) in [5.41, 5.74) is 0.466. The van der Waals surface area contributed by atoms with Crippen LogP contribution in [0.5, 0.6) is 0 Å². The van der Waals surface area contributed by atoms with E-state index < -0.39 is 0 Å². The van der Waals surface area contributed by atoms with Crippen LogP contribution in [0.4, 0.5) is 5.82 Å². The van der Waals surface area contributed by atoms with Crippen molar-refractivity contribution in [2.24, 2.45) is 0 Å². The van der Waals surface area contributed by atoms with E-state index in [0.29, 0.717) is 34.5 Å². The van der Waals surface area contributed by atoms with Crippen LogP contribution in [0.3, 0.4) is 0 Å². The fraction of sp³-hybridized carbons (Fsp3) is 0.273. The Hall–Kier alpha value is -1.78. The van der Waals surface area contributed by atoms with Crippen LogP contribution in [-0.2, 0) is 6.54 Å². The van der Waals surface area contributed by atoms with Crippen LogP contribution in [-0.4, -0.2) is 32.5 Å². The highest BCUT2D eigenvalue weighted by Gasteiger charge is 2.09. The number of aromatic nitrogens is 4. The van der Waals surface area contributed by atoms with E-state index in [1.54, 1.807) is 17.1 Å². The van der Waals surface area contributed by atoms with Gasteiger partial charge in [0.25, 0.3) is 0 Å². The lowest BCUT2D eigenvalue weighted by atomic mass is 10.3. The monoisotopic (exact) mass is 294 g/mol. The Bertz CT molecular complexity index is 605. The molecule has 0 spiro atoms. The minimum Gasteiger partial charge on any atom is -0.367 e. The molecule has 0 unspecified atom stereocenters. The van der Waals surface area contributed by atoms with E-state index in [-0.39, 0.29) is 0 Å². The second-order valence-electron chi connectivity index (χ2n) is 3.57. The Labute approximate surface area is 119 Å². The molecule has 0 saturated carbocycles. The number of nitriles is 1. The quantitative estimate of drug-likeness (QED) is 0.671. The summed E-state index contributed by atoms with van der Waals surface area (Å²) in [7, 11) is 0. The van der Waals surface area contributed by atoms with Crippen LogP contribution in [0.1, 0.15) is 5.56 Å². The molecular formula is C11H11ClN6S. The summed E-state index contributed by atoms with van der Waals surface area (Å²) in [4.78, 5) is 8.13. The molecule has 2 rings (SSSR count). The molecule has 98 valence electrons. The lowest BCUT2D eigenvalue weighted by Gasteiger charge is -2.08. The second-order valence-corrected chi connectivity index (χ2v) is 4.80. The maximum absolute atomic E-state index is 9.13. The highest BCUT2D eigenvalue weighted by atomic mass is 35.5. The molecule has 2 heterocycles. The molecule has 0 aliphatic heterocycles. The average molecular weight is 295 g/mol. The van der Waals surface area contributed by atoms with Crippen molar-refractivity contribution in [1.29, 1.82) is 5.26 Å². The Kier molecular flexibility index (Phi) is 4.60. The molecule has 0 aliphatic carbocycles. The first-order valence-corrected chi connectivity index (χ1v) is 7.05. The predicted octanol–water partition coefficient (Wildman–Crippen LogP) is 2.03. The first-order chi connectivity index (χ1) is 9.24. The topological polar surface area (TPSA) is 79.4 Å². The predicted molar refractivity (Wildman–Crippen MR) is 74.3 cm³/mol. The third kappa shape index (κ3) is 3.36. The largest absolute Gasteiger partial charge is 0.367 e. The number of thioether (sulfide) groups is 1. The van der Waals surface area contributed by atoms with Gasteiger partial charge in [-0.25, -0.2) is 9.97 Å². The van der Waals surface area contributed by atoms with Gasteiger partial charge in [0.15, 0.2) is 0 Å². The fourth-order valence-electron chi connectivity index (χ4n) is 1.51. The van der Waals surface area contributed by atoms with Gasteiger partial charge in [0, 0.05) is 12.7 Å². The van der Waals surface area contributed by atoms with Crippen molar-refractivity contribution in [3.05, 3.63) is 29.3 Å². The van der Waals surface area contributed by atoms with Crippen molar-refractivity contribution in [2.75, 3.05) is 18.1 Å². The van der Waals surface area contributed by atoms with E-state index in [0.717, 1.165) is 0 Å². The molecule has 6 nitrogen and oxygen atoms in total.